The van der Waals surface area contributed by atoms with E-state index in [-0.39, 0.29) is 30.1 Å². The normalized spacial score (nSPS) is 17.9. The van der Waals surface area contributed by atoms with Gasteiger partial charge in [-0.2, -0.15) is 0 Å². The molecule has 2 aromatic rings. The second-order valence-corrected chi connectivity index (χ2v) is 6.42. The number of hydrogen-bond acceptors (Lipinski definition) is 4. The maximum Gasteiger partial charge on any atom is 0.191 e. The predicted octanol–water partition coefficient (Wildman–Crippen LogP) is 1.90. The molecule has 1 aromatic carbocycles. The largest absolute Gasteiger partial charge is 0.488 e. The third-order valence-electron chi connectivity index (χ3n) is 4.62. The molecule has 0 amide bonds. The van der Waals surface area contributed by atoms with Gasteiger partial charge >= 0.3 is 0 Å². The lowest BCUT2D eigenvalue weighted by Crippen LogP contribution is -2.42. The van der Waals surface area contributed by atoms with Gasteiger partial charge in [0.05, 0.1) is 6.54 Å². The van der Waals surface area contributed by atoms with Crippen molar-refractivity contribution in [3.05, 3.63) is 41.5 Å². The van der Waals surface area contributed by atoms with Crippen LogP contribution < -0.4 is 15.4 Å². The van der Waals surface area contributed by atoms with Crippen LogP contribution in [0.15, 0.2) is 29.3 Å². The van der Waals surface area contributed by atoms with Crippen LogP contribution in [0.2, 0.25) is 0 Å². The summed E-state index contributed by atoms with van der Waals surface area (Å²) in [6.45, 7) is 5.14. The van der Waals surface area contributed by atoms with Crippen molar-refractivity contribution in [3.8, 4) is 5.75 Å². The minimum absolute atomic E-state index is 0. The summed E-state index contributed by atoms with van der Waals surface area (Å²) in [5.74, 6) is 3.81. The second-order valence-electron chi connectivity index (χ2n) is 6.42. The van der Waals surface area contributed by atoms with Crippen LogP contribution in [0.5, 0.6) is 5.75 Å². The summed E-state index contributed by atoms with van der Waals surface area (Å²) in [5.41, 5.74) is 1.27. The van der Waals surface area contributed by atoms with Crippen LogP contribution >= 0.6 is 24.0 Å². The van der Waals surface area contributed by atoms with E-state index in [1.54, 1.807) is 0 Å². The zero-order valence-electron chi connectivity index (χ0n) is 14.9. The monoisotopic (exact) mass is 468 g/mol. The average molecular weight is 468 g/mol. The molecule has 8 heteroatoms. The van der Waals surface area contributed by atoms with Crippen LogP contribution in [-0.4, -0.2) is 39.9 Å². The van der Waals surface area contributed by atoms with Gasteiger partial charge in [0.2, 0.25) is 0 Å². The highest BCUT2D eigenvalue weighted by Crippen LogP contribution is 2.27. The van der Waals surface area contributed by atoms with E-state index in [0.29, 0.717) is 6.54 Å². The van der Waals surface area contributed by atoms with E-state index in [2.05, 4.69) is 49.4 Å². The summed E-state index contributed by atoms with van der Waals surface area (Å²) in [6.07, 6.45) is 3.24. The zero-order chi connectivity index (χ0) is 17.1. The topological polar surface area (TPSA) is 76.4 Å². The molecule has 1 unspecified atom stereocenters. The minimum atomic E-state index is 0. The highest BCUT2D eigenvalue weighted by molar-refractivity contribution is 14.0. The number of hydrogen-bond donors (Lipinski definition) is 2. The molecule has 26 heavy (non-hydrogen) atoms. The van der Waals surface area contributed by atoms with Gasteiger partial charge in [-0.25, -0.2) is 4.99 Å². The van der Waals surface area contributed by atoms with Crippen LogP contribution in [0.25, 0.3) is 0 Å². The van der Waals surface area contributed by atoms with Crippen LogP contribution in [0.3, 0.4) is 0 Å². The van der Waals surface area contributed by atoms with Gasteiger partial charge in [0.1, 0.15) is 24.2 Å². The highest BCUT2D eigenvalue weighted by Gasteiger charge is 2.22. The van der Waals surface area contributed by atoms with Crippen molar-refractivity contribution in [3.63, 3.8) is 0 Å². The van der Waals surface area contributed by atoms with Crippen molar-refractivity contribution in [1.82, 2.24) is 25.4 Å². The third kappa shape index (κ3) is 4.11. The number of rotatable bonds is 5. The average Bonchev–Trinajstić information content (AvgIpc) is 3.32. The molecule has 0 saturated heterocycles. The molecule has 0 aliphatic carbocycles. The Kier molecular flexibility index (Phi) is 6.33. The zero-order valence-corrected chi connectivity index (χ0v) is 17.3. The lowest BCUT2D eigenvalue weighted by Gasteiger charge is -2.15. The van der Waals surface area contributed by atoms with Crippen molar-refractivity contribution in [2.45, 2.75) is 45.4 Å². The minimum Gasteiger partial charge on any atom is -0.488 e. The summed E-state index contributed by atoms with van der Waals surface area (Å²) in [5, 5.41) is 15.2. The molecule has 0 bridgehead atoms. The first-order valence-corrected chi connectivity index (χ1v) is 9.01. The maximum atomic E-state index is 5.97. The van der Waals surface area contributed by atoms with Crippen molar-refractivity contribution < 1.29 is 4.74 Å². The summed E-state index contributed by atoms with van der Waals surface area (Å²) in [6, 6.07) is 8.22. The number of para-hydroxylation sites is 1. The number of fused-ring (bicyclic) bond motifs is 2. The molecular weight excluding hydrogens is 443 g/mol. The number of nitrogens with zero attached hydrogens (tertiary/aromatic N) is 4. The predicted molar refractivity (Wildman–Crippen MR) is 111 cm³/mol. The van der Waals surface area contributed by atoms with Crippen molar-refractivity contribution in [1.29, 1.82) is 0 Å². The quantitative estimate of drug-likeness (QED) is 0.399. The van der Waals surface area contributed by atoms with E-state index in [1.807, 2.05) is 12.1 Å². The van der Waals surface area contributed by atoms with Crippen molar-refractivity contribution in [2.24, 2.45) is 4.99 Å². The van der Waals surface area contributed by atoms with Crippen LogP contribution in [0, 0.1) is 0 Å². The van der Waals surface area contributed by atoms with Crippen LogP contribution in [0.4, 0.5) is 0 Å². The van der Waals surface area contributed by atoms with E-state index >= 15 is 0 Å². The van der Waals surface area contributed by atoms with Gasteiger partial charge < -0.3 is 19.9 Å². The second kappa shape index (κ2) is 8.70. The molecular formula is C18H25IN6O. The number of benzene rings is 1. The van der Waals surface area contributed by atoms with Gasteiger partial charge in [-0.1, -0.05) is 18.2 Å². The molecule has 3 heterocycles. The van der Waals surface area contributed by atoms with E-state index < -0.39 is 0 Å². The first kappa shape index (κ1) is 18.9. The molecule has 1 aromatic heterocycles. The van der Waals surface area contributed by atoms with Gasteiger partial charge in [-0.05, 0) is 25.0 Å². The molecule has 4 rings (SSSR count). The number of aryl methyl sites for hydroxylation is 1. The number of halogens is 1. The molecule has 2 aliphatic rings. The first-order chi connectivity index (χ1) is 12.3. The lowest BCUT2D eigenvalue weighted by molar-refractivity contribution is 0.235. The summed E-state index contributed by atoms with van der Waals surface area (Å²) in [4.78, 5) is 4.66. The fraction of sp³-hybridized carbons (Fsp3) is 0.500. The SMILES string of the molecule is CCNC(=NCc1nnc2n1CCC2)NCC1Cc2ccccc2O1.I. The Morgan fingerprint density at radius 3 is 3.04 bits per heavy atom. The fourth-order valence-corrected chi connectivity index (χ4v) is 3.40. The molecule has 0 radical (unpaired) electrons. The van der Waals surface area contributed by atoms with Crippen molar-refractivity contribution in [2.75, 3.05) is 13.1 Å². The molecule has 140 valence electrons. The number of guanidine groups is 1. The number of nitrogens with one attached hydrogen (secondary N) is 2. The Bertz CT molecular complexity index is 750. The Balaban J connectivity index is 0.00000196. The number of ether oxygens (including phenoxy) is 1. The standard InChI is InChI=1S/C18H24N6O.HI/c1-2-19-18(21-12-17-23-22-16-8-5-9-24(16)17)20-11-14-10-13-6-3-4-7-15(13)25-14;/h3-4,6-7,14H,2,5,8-12H2,1H3,(H2,19,20,21);1H. The van der Waals surface area contributed by atoms with E-state index in [1.165, 1.54) is 5.56 Å². The van der Waals surface area contributed by atoms with Crippen molar-refractivity contribution >= 4 is 29.9 Å². The molecule has 0 fully saturated rings. The van der Waals surface area contributed by atoms with Gasteiger partial charge in [-0.3, -0.25) is 0 Å². The number of aromatic nitrogens is 3. The van der Waals surface area contributed by atoms with Crippen LogP contribution in [-0.2, 0) is 25.9 Å². The summed E-state index contributed by atoms with van der Waals surface area (Å²) in [7, 11) is 0. The van der Waals surface area contributed by atoms with E-state index in [4.69, 9.17) is 4.74 Å². The number of aliphatic imine (C=N–C) groups is 1. The van der Waals surface area contributed by atoms with Gasteiger partial charge in [0.15, 0.2) is 11.8 Å². The summed E-state index contributed by atoms with van der Waals surface area (Å²) >= 11 is 0. The molecule has 0 spiro atoms. The Labute approximate surface area is 170 Å². The lowest BCUT2D eigenvalue weighted by atomic mass is 10.1. The third-order valence-corrected chi connectivity index (χ3v) is 4.62. The maximum absolute atomic E-state index is 5.97. The Hall–Kier alpha value is -1.84. The van der Waals surface area contributed by atoms with Crippen LogP contribution in [0.1, 0.15) is 30.6 Å². The molecule has 0 saturated carbocycles. The highest BCUT2D eigenvalue weighted by atomic mass is 127. The van der Waals surface area contributed by atoms with Gasteiger partial charge in [-0.15, -0.1) is 34.2 Å². The molecule has 1 atom stereocenters. The fourth-order valence-electron chi connectivity index (χ4n) is 3.40. The molecule has 2 aliphatic heterocycles. The summed E-state index contributed by atoms with van der Waals surface area (Å²) < 4.78 is 8.16. The Morgan fingerprint density at radius 2 is 2.19 bits per heavy atom. The smallest absolute Gasteiger partial charge is 0.191 e. The molecule has 7 nitrogen and oxygen atoms in total. The van der Waals surface area contributed by atoms with E-state index in [9.17, 15) is 0 Å². The Morgan fingerprint density at radius 1 is 1.31 bits per heavy atom. The molecule has 2 N–H and O–H groups in total. The first-order valence-electron chi connectivity index (χ1n) is 9.01. The van der Waals surface area contributed by atoms with E-state index in [0.717, 1.165) is 62.3 Å². The van der Waals surface area contributed by atoms with Gasteiger partial charge in [0.25, 0.3) is 0 Å². The van der Waals surface area contributed by atoms with Gasteiger partial charge in [0, 0.05) is 25.9 Å².